The van der Waals surface area contributed by atoms with Gasteiger partial charge in [0.1, 0.15) is 0 Å². The topological polar surface area (TPSA) is 53.2 Å². The molecule has 2 aromatic rings. The van der Waals surface area contributed by atoms with Crippen LogP contribution in [0.1, 0.15) is 11.3 Å². The second-order valence-corrected chi connectivity index (χ2v) is 4.40. The number of nitrogens with one attached hydrogen (secondary N) is 1. The van der Waals surface area contributed by atoms with E-state index >= 15 is 0 Å². The number of benzene rings is 1. The van der Waals surface area contributed by atoms with E-state index in [4.69, 9.17) is 0 Å². The Kier molecular flexibility index (Phi) is 3.46. The number of fused-ring (bicyclic) bond motifs is 1. The fourth-order valence-electron chi connectivity index (χ4n) is 2.14. The highest BCUT2D eigenvalue weighted by Gasteiger charge is 2.11. The van der Waals surface area contributed by atoms with Gasteiger partial charge >= 0.3 is 0 Å². The highest BCUT2D eigenvalue weighted by Crippen LogP contribution is 2.22. The monoisotopic (exact) mass is 244 g/mol. The predicted octanol–water partition coefficient (Wildman–Crippen LogP) is 1.68. The smallest absolute Gasteiger partial charge is 0.286 e. The first-order chi connectivity index (χ1) is 8.63. The van der Waals surface area contributed by atoms with Crippen LogP contribution in [0.5, 0.6) is 0 Å². The fourth-order valence-corrected chi connectivity index (χ4v) is 2.14. The molecule has 1 amide bonds. The van der Waals surface area contributed by atoms with Crippen molar-refractivity contribution < 1.29 is 9.59 Å². The van der Waals surface area contributed by atoms with Crippen LogP contribution in [-0.4, -0.2) is 35.7 Å². The summed E-state index contributed by atoms with van der Waals surface area (Å²) in [5.41, 5.74) is 3.42. The van der Waals surface area contributed by atoms with Gasteiger partial charge in [0.05, 0.1) is 0 Å². The van der Waals surface area contributed by atoms with Gasteiger partial charge in [-0.25, -0.2) is 0 Å². The molecule has 0 aliphatic carbocycles. The Balaban J connectivity index is 2.19. The van der Waals surface area contributed by atoms with Crippen LogP contribution in [0.15, 0.2) is 24.3 Å². The number of aromatic amines is 1. The van der Waals surface area contributed by atoms with E-state index in [1.807, 2.05) is 25.1 Å². The number of aldehydes is 1. The zero-order valence-electron chi connectivity index (χ0n) is 10.6. The van der Waals surface area contributed by atoms with Gasteiger partial charge in [-0.15, -0.1) is 0 Å². The molecule has 0 radical (unpaired) electrons. The van der Waals surface area contributed by atoms with Crippen molar-refractivity contribution in [3.05, 3.63) is 35.5 Å². The van der Waals surface area contributed by atoms with Crippen molar-refractivity contribution in [3.63, 3.8) is 0 Å². The lowest BCUT2D eigenvalue weighted by atomic mass is 10.1. The first-order valence-electron chi connectivity index (χ1n) is 5.90. The fraction of sp³-hybridized carbons (Fsp3) is 0.286. The second kappa shape index (κ2) is 5.04. The molecular weight excluding hydrogens is 228 g/mol. The number of carbonyl (C=O) groups excluding carboxylic acids is 2. The molecule has 1 aromatic heterocycles. The number of hydrogen-bond donors (Lipinski definition) is 1. The zero-order chi connectivity index (χ0) is 13.1. The summed E-state index contributed by atoms with van der Waals surface area (Å²) in [7, 11) is 1.64. The Hall–Kier alpha value is -2.10. The third-order valence-corrected chi connectivity index (χ3v) is 3.20. The summed E-state index contributed by atoms with van der Waals surface area (Å²) < 4.78 is 0. The normalized spacial score (nSPS) is 10.6. The molecule has 0 bridgehead atoms. The number of H-pyrrole nitrogens is 1. The Labute approximate surface area is 106 Å². The van der Waals surface area contributed by atoms with Crippen molar-refractivity contribution in [2.45, 2.75) is 13.3 Å². The van der Waals surface area contributed by atoms with Crippen molar-refractivity contribution >= 4 is 23.1 Å². The van der Waals surface area contributed by atoms with Gasteiger partial charge in [-0.2, -0.15) is 0 Å². The summed E-state index contributed by atoms with van der Waals surface area (Å²) in [5.74, 6) is -0.479. The number of amides is 1. The van der Waals surface area contributed by atoms with E-state index in [2.05, 4.69) is 11.1 Å². The summed E-state index contributed by atoms with van der Waals surface area (Å²) in [6.45, 7) is 2.57. The molecule has 0 saturated carbocycles. The van der Waals surface area contributed by atoms with E-state index in [0.717, 1.165) is 17.6 Å². The summed E-state index contributed by atoms with van der Waals surface area (Å²) in [4.78, 5) is 26.3. The van der Waals surface area contributed by atoms with E-state index in [9.17, 15) is 9.59 Å². The molecule has 4 nitrogen and oxygen atoms in total. The van der Waals surface area contributed by atoms with Gasteiger partial charge in [0.15, 0.2) is 0 Å². The minimum Gasteiger partial charge on any atom is -0.358 e. The Morgan fingerprint density at radius 1 is 1.39 bits per heavy atom. The van der Waals surface area contributed by atoms with Crippen molar-refractivity contribution in [1.82, 2.24) is 9.88 Å². The largest absolute Gasteiger partial charge is 0.358 e. The summed E-state index contributed by atoms with van der Waals surface area (Å²) >= 11 is 0. The molecule has 0 saturated heterocycles. The van der Waals surface area contributed by atoms with Crippen molar-refractivity contribution in [3.8, 4) is 0 Å². The quantitative estimate of drug-likeness (QED) is 0.657. The highest BCUT2D eigenvalue weighted by molar-refractivity contribution is 6.23. The maximum Gasteiger partial charge on any atom is 0.286 e. The Morgan fingerprint density at radius 3 is 2.83 bits per heavy atom. The summed E-state index contributed by atoms with van der Waals surface area (Å²) in [6.07, 6.45) is 1.09. The van der Waals surface area contributed by atoms with E-state index in [1.165, 1.54) is 15.8 Å². The van der Waals surface area contributed by atoms with Gasteiger partial charge < -0.3 is 9.88 Å². The molecule has 0 aliphatic heterocycles. The molecule has 4 heteroatoms. The standard InChI is InChI=1S/C14H16N2O2/c1-10-11(7-8-16(2)14(18)9-17)12-5-3-4-6-13(12)15-10/h3-6,9,15H,7-8H2,1-2H3. The molecule has 2 rings (SSSR count). The van der Waals surface area contributed by atoms with Crippen LogP contribution in [-0.2, 0) is 16.0 Å². The molecule has 0 atom stereocenters. The Bertz CT molecular complexity index is 586. The van der Waals surface area contributed by atoms with Gasteiger partial charge in [0.2, 0.25) is 6.29 Å². The molecule has 1 aromatic carbocycles. The third kappa shape index (κ3) is 2.27. The molecule has 0 aliphatic rings. The Morgan fingerprint density at radius 2 is 2.11 bits per heavy atom. The lowest BCUT2D eigenvalue weighted by Gasteiger charge is -2.13. The van der Waals surface area contributed by atoms with Crippen molar-refractivity contribution in [1.29, 1.82) is 0 Å². The first-order valence-corrected chi connectivity index (χ1v) is 5.90. The third-order valence-electron chi connectivity index (χ3n) is 3.20. The number of hydrogen-bond acceptors (Lipinski definition) is 2. The summed E-state index contributed by atoms with van der Waals surface area (Å²) in [6, 6.07) is 8.09. The number of likely N-dealkylation sites (N-methyl/N-ethyl adjacent to an activating group) is 1. The maximum absolute atomic E-state index is 11.2. The molecule has 0 unspecified atom stereocenters. The van der Waals surface area contributed by atoms with Gasteiger partial charge in [-0.05, 0) is 25.0 Å². The van der Waals surface area contributed by atoms with Gasteiger partial charge in [-0.1, -0.05) is 18.2 Å². The number of para-hydroxylation sites is 1. The average molecular weight is 244 g/mol. The zero-order valence-corrected chi connectivity index (χ0v) is 10.6. The van der Waals surface area contributed by atoms with Crippen LogP contribution in [0.2, 0.25) is 0 Å². The maximum atomic E-state index is 11.2. The molecule has 18 heavy (non-hydrogen) atoms. The number of rotatable bonds is 4. The van der Waals surface area contributed by atoms with E-state index < -0.39 is 5.91 Å². The molecule has 0 fully saturated rings. The van der Waals surface area contributed by atoms with Gasteiger partial charge in [0, 0.05) is 30.2 Å². The number of nitrogens with zero attached hydrogens (tertiary/aromatic N) is 1. The lowest BCUT2D eigenvalue weighted by Crippen LogP contribution is -2.29. The number of aryl methyl sites for hydroxylation is 1. The van der Waals surface area contributed by atoms with Crippen LogP contribution >= 0.6 is 0 Å². The molecular formula is C14H16N2O2. The van der Waals surface area contributed by atoms with E-state index in [-0.39, 0.29) is 0 Å². The van der Waals surface area contributed by atoms with Crippen LogP contribution in [0.3, 0.4) is 0 Å². The van der Waals surface area contributed by atoms with Crippen LogP contribution in [0.4, 0.5) is 0 Å². The van der Waals surface area contributed by atoms with Crippen LogP contribution in [0, 0.1) is 6.92 Å². The van der Waals surface area contributed by atoms with Crippen LogP contribution < -0.4 is 0 Å². The molecule has 0 spiro atoms. The predicted molar refractivity (Wildman–Crippen MR) is 70.4 cm³/mol. The SMILES string of the molecule is Cc1[nH]c2ccccc2c1CCN(C)C(=O)C=O. The van der Waals surface area contributed by atoms with Crippen LogP contribution in [0.25, 0.3) is 10.9 Å². The van der Waals surface area contributed by atoms with E-state index in [1.54, 1.807) is 7.05 Å². The van der Waals surface area contributed by atoms with Gasteiger partial charge in [-0.3, -0.25) is 9.59 Å². The van der Waals surface area contributed by atoms with Crippen molar-refractivity contribution in [2.24, 2.45) is 0 Å². The van der Waals surface area contributed by atoms with Crippen molar-refractivity contribution in [2.75, 3.05) is 13.6 Å². The minimum atomic E-state index is -0.479. The molecule has 94 valence electrons. The number of carbonyl (C=O) groups is 2. The lowest BCUT2D eigenvalue weighted by molar-refractivity contribution is -0.137. The average Bonchev–Trinajstić information content (AvgIpc) is 2.70. The molecule has 1 heterocycles. The minimum absolute atomic E-state index is 0.349. The molecule has 1 N–H and O–H groups in total. The highest BCUT2D eigenvalue weighted by atomic mass is 16.2. The number of aromatic nitrogens is 1. The summed E-state index contributed by atoms with van der Waals surface area (Å²) in [5, 5.41) is 1.18. The van der Waals surface area contributed by atoms with Gasteiger partial charge in [0.25, 0.3) is 5.91 Å². The van der Waals surface area contributed by atoms with E-state index in [0.29, 0.717) is 12.8 Å². The second-order valence-electron chi connectivity index (χ2n) is 4.40. The first kappa shape index (κ1) is 12.4.